The van der Waals surface area contributed by atoms with Crippen molar-refractivity contribution in [3.05, 3.63) is 0 Å². The molecule has 2 saturated heterocycles. The summed E-state index contributed by atoms with van der Waals surface area (Å²) in [6, 6.07) is 0.539. The molecule has 2 fully saturated rings. The van der Waals surface area contributed by atoms with Crippen LogP contribution in [0.5, 0.6) is 0 Å². The van der Waals surface area contributed by atoms with Crippen molar-refractivity contribution in [2.24, 2.45) is 5.41 Å². The summed E-state index contributed by atoms with van der Waals surface area (Å²) in [6.45, 7) is 5.24. The third-order valence-corrected chi connectivity index (χ3v) is 2.35. The average Bonchev–Trinajstić information content (AvgIpc) is 2.22. The van der Waals surface area contributed by atoms with Crippen LogP contribution in [-0.4, -0.2) is 25.7 Å². The topological polar surface area (TPSA) is 33.3 Å². The van der Waals surface area contributed by atoms with Gasteiger partial charge in [0.25, 0.3) is 0 Å². The van der Waals surface area contributed by atoms with E-state index < -0.39 is 0 Å². The Bertz CT molecular complexity index is 116. The smallest absolute Gasteiger partial charge is 0.0764 e. The predicted molar refractivity (Wildman–Crippen MR) is 33.9 cm³/mol. The van der Waals surface area contributed by atoms with Gasteiger partial charge in [-0.05, 0) is 0 Å². The largest absolute Gasteiger partial charge is 0.314 e. The first kappa shape index (κ1) is 5.65. The van der Waals surface area contributed by atoms with Crippen LogP contribution in [0.25, 0.3) is 0 Å². The van der Waals surface area contributed by atoms with Gasteiger partial charge in [-0.15, -0.1) is 0 Å². The Kier molecular flexibility index (Phi) is 1.06. The lowest BCUT2D eigenvalue weighted by Gasteiger charge is -2.17. The van der Waals surface area contributed by atoms with Crippen LogP contribution in [0.2, 0.25) is 0 Å². The second-order valence-electron chi connectivity index (χ2n) is 3.24. The van der Waals surface area contributed by atoms with Crippen LogP contribution in [-0.2, 0) is 4.84 Å². The Morgan fingerprint density at radius 3 is 3.33 bits per heavy atom. The van der Waals surface area contributed by atoms with Gasteiger partial charge in [0.1, 0.15) is 0 Å². The summed E-state index contributed by atoms with van der Waals surface area (Å²) in [6.07, 6.45) is 0. The lowest BCUT2D eigenvalue weighted by Crippen LogP contribution is -2.33. The number of hydrogen-bond donors (Lipinski definition) is 2. The molecular formula is C6H12N2O. The van der Waals surface area contributed by atoms with Gasteiger partial charge in [0, 0.05) is 18.5 Å². The number of fused-ring (bicyclic) bond motifs is 1. The molecule has 0 amide bonds. The molecule has 2 rings (SSSR count). The summed E-state index contributed by atoms with van der Waals surface area (Å²) < 4.78 is 0. The van der Waals surface area contributed by atoms with Crippen LogP contribution in [0, 0.1) is 5.41 Å². The maximum absolute atomic E-state index is 5.12. The third-order valence-electron chi connectivity index (χ3n) is 2.35. The van der Waals surface area contributed by atoms with Crippen molar-refractivity contribution >= 4 is 0 Å². The minimum absolute atomic E-state index is 0.361. The molecule has 3 nitrogen and oxygen atoms in total. The normalized spacial score (nSPS) is 49.7. The van der Waals surface area contributed by atoms with Crippen molar-refractivity contribution in [3.8, 4) is 0 Å². The molecular weight excluding hydrogens is 116 g/mol. The van der Waals surface area contributed by atoms with E-state index in [1.165, 1.54) is 0 Å². The number of rotatable bonds is 0. The lowest BCUT2D eigenvalue weighted by molar-refractivity contribution is 0.0771. The first-order valence-corrected chi connectivity index (χ1v) is 3.39. The highest BCUT2D eigenvalue weighted by Gasteiger charge is 2.43. The quantitative estimate of drug-likeness (QED) is 0.461. The molecule has 2 unspecified atom stereocenters. The average molecular weight is 128 g/mol. The van der Waals surface area contributed by atoms with Crippen molar-refractivity contribution in [1.29, 1.82) is 0 Å². The zero-order valence-electron chi connectivity index (χ0n) is 5.61. The van der Waals surface area contributed by atoms with Crippen LogP contribution in [0.15, 0.2) is 0 Å². The van der Waals surface area contributed by atoms with Gasteiger partial charge >= 0.3 is 0 Å². The van der Waals surface area contributed by atoms with Gasteiger partial charge in [-0.2, -0.15) is 5.48 Å². The summed E-state index contributed by atoms with van der Waals surface area (Å²) >= 11 is 0. The number of nitrogens with one attached hydrogen (secondary N) is 2. The van der Waals surface area contributed by atoms with E-state index >= 15 is 0 Å². The monoisotopic (exact) mass is 128 g/mol. The summed E-state index contributed by atoms with van der Waals surface area (Å²) in [5.74, 6) is 0. The van der Waals surface area contributed by atoms with Crippen molar-refractivity contribution in [2.75, 3.05) is 19.7 Å². The van der Waals surface area contributed by atoms with E-state index in [0.29, 0.717) is 11.5 Å². The second-order valence-corrected chi connectivity index (χ2v) is 3.24. The summed E-state index contributed by atoms with van der Waals surface area (Å²) in [7, 11) is 0. The van der Waals surface area contributed by atoms with Crippen LogP contribution in [0.4, 0.5) is 0 Å². The van der Waals surface area contributed by atoms with E-state index in [0.717, 1.165) is 19.7 Å². The molecule has 0 saturated carbocycles. The van der Waals surface area contributed by atoms with Gasteiger partial charge in [0.15, 0.2) is 0 Å². The standard InChI is InChI=1S/C6H12N2O/c1-6-3-7-2-5(6)8-9-4-6/h5,7-8H,2-4H2,1H3. The Hall–Kier alpha value is -0.120. The zero-order valence-corrected chi connectivity index (χ0v) is 5.61. The molecule has 2 N–H and O–H groups in total. The molecule has 0 spiro atoms. The first-order chi connectivity index (χ1) is 4.31. The number of hydroxylamine groups is 1. The molecule has 9 heavy (non-hydrogen) atoms. The van der Waals surface area contributed by atoms with E-state index in [9.17, 15) is 0 Å². The van der Waals surface area contributed by atoms with Crippen LogP contribution in [0.3, 0.4) is 0 Å². The fourth-order valence-corrected chi connectivity index (χ4v) is 1.51. The fraction of sp³-hybridized carbons (Fsp3) is 1.00. The molecule has 3 heteroatoms. The highest BCUT2D eigenvalue weighted by molar-refractivity contribution is 4.97. The van der Waals surface area contributed by atoms with E-state index in [-0.39, 0.29) is 0 Å². The van der Waals surface area contributed by atoms with Crippen molar-refractivity contribution in [3.63, 3.8) is 0 Å². The van der Waals surface area contributed by atoms with Crippen molar-refractivity contribution < 1.29 is 4.84 Å². The highest BCUT2D eigenvalue weighted by atomic mass is 16.7. The van der Waals surface area contributed by atoms with Gasteiger partial charge in [-0.1, -0.05) is 6.92 Å². The molecule has 0 aromatic rings. The SMILES string of the molecule is CC12CNCC1NOC2. The molecule has 52 valence electrons. The fourth-order valence-electron chi connectivity index (χ4n) is 1.51. The molecule has 2 aliphatic heterocycles. The predicted octanol–water partition coefficient (Wildman–Crippen LogP) is -0.501. The Labute approximate surface area is 54.7 Å². The second kappa shape index (κ2) is 1.68. The summed E-state index contributed by atoms with van der Waals surface area (Å²) in [5.41, 5.74) is 3.36. The van der Waals surface area contributed by atoms with Crippen LogP contribution < -0.4 is 10.8 Å². The van der Waals surface area contributed by atoms with E-state index in [1.54, 1.807) is 0 Å². The molecule has 2 atom stereocenters. The van der Waals surface area contributed by atoms with E-state index in [2.05, 4.69) is 17.7 Å². The minimum atomic E-state index is 0.361. The van der Waals surface area contributed by atoms with Crippen molar-refractivity contribution in [2.45, 2.75) is 13.0 Å². The van der Waals surface area contributed by atoms with Gasteiger partial charge in [-0.25, -0.2) is 0 Å². The summed E-state index contributed by atoms with van der Waals surface area (Å²) in [4.78, 5) is 5.12. The molecule has 0 radical (unpaired) electrons. The molecule has 0 aromatic heterocycles. The van der Waals surface area contributed by atoms with Gasteiger partial charge in [0.2, 0.25) is 0 Å². The Morgan fingerprint density at radius 1 is 1.67 bits per heavy atom. The Morgan fingerprint density at radius 2 is 2.56 bits per heavy atom. The van der Waals surface area contributed by atoms with E-state index in [1.807, 2.05) is 0 Å². The highest BCUT2D eigenvalue weighted by Crippen LogP contribution is 2.29. The van der Waals surface area contributed by atoms with Gasteiger partial charge in [-0.3, -0.25) is 0 Å². The molecule has 2 aliphatic rings. The summed E-state index contributed by atoms with van der Waals surface area (Å²) in [5, 5.41) is 3.32. The van der Waals surface area contributed by atoms with Gasteiger partial charge < -0.3 is 10.2 Å². The third kappa shape index (κ3) is 0.689. The first-order valence-electron chi connectivity index (χ1n) is 3.39. The van der Waals surface area contributed by atoms with Crippen LogP contribution in [0.1, 0.15) is 6.92 Å². The Balaban J connectivity index is 2.17. The van der Waals surface area contributed by atoms with Crippen molar-refractivity contribution in [1.82, 2.24) is 10.8 Å². The molecule has 0 aliphatic carbocycles. The maximum Gasteiger partial charge on any atom is 0.0764 e. The molecule has 2 heterocycles. The number of hydrogen-bond acceptors (Lipinski definition) is 3. The molecule has 0 aromatic carbocycles. The zero-order chi connectivity index (χ0) is 6.32. The van der Waals surface area contributed by atoms with Crippen LogP contribution >= 0.6 is 0 Å². The van der Waals surface area contributed by atoms with Gasteiger partial charge in [0.05, 0.1) is 12.6 Å². The molecule has 0 bridgehead atoms. The minimum Gasteiger partial charge on any atom is -0.314 e. The lowest BCUT2D eigenvalue weighted by atomic mass is 9.88. The van der Waals surface area contributed by atoms with E-state index in [4.69, 9.17) is 4.84 Å². The maximum atomic E-state index is 5.12.